The van der Waals surface area contributed by atoms with Gasteiger partial charge in [0.25, 0.3) is 0 Å². The van der Waals surface area contributed by atoms with Crippen molar-refractivity contribution in [3.8, 4) is 0 Å². The molecule has 0 aliphatic heterocycles. The highest BCUT2D eigenvalue weighted by Crippen LogP contribution is 2.36. The van der Waals surface area contributed by atoms with Gasteiger partial charge in [-0.05, 0) is 71.8 Å². The molecule has 0 unspecified atom stereocenters. The molecule has 2 aromatic heterocycles. The number of ketones is 1. The fourth-order valence-corrected chi connectivity index (χ4v) is 9.23. The van der Waals surface area contributed by atoms with E-state index in [-0.39, 0.29) is 21.2 Å². The van der Waals surface area contributed by atoms with Gasteiger partial charge in [-0.3, -0.25) is 4.79 Å². The van der Waals surface area contributed by atoms with E-state index in [1.165, 1.54) is 12.2 Å². The lowest BCUT2D eigenvalue weighted by Crippen LogP contribution is -2.15. The Hall–Kier alpha value is -3.45. The molecular formula is C35H24Br2Cl2N2O5S2. The maximum atomic E-state index is 14.5. The topological polar surface area (TPSA) is 117 Å². The number of halogens is 4. The molecule has 0 aliphatic carbocycles. The van der Waals surface area contributed by atoms with Crippen LogP contribution in [0.5, 0.6) is 0 Å². The number of carbonyl (C=O) groups is 1. The number of H-pyrrole nitrogens is 2. The lowest BCUT2D eigenvalue weighted by molar-refractivity contribution is 0.102. The van der Waals surface area contributed by atoms with E-state index in [1.54, 1.807) is 97.1 Å². The van der Waals surface area contributed by atoms with Gasteiger partial charge in [0, 0.05) is 40.8 Å². The summed E-state index contributed by atoms with van der Waals surface area (Å²) in [6.07, 6.45) is 6.29. The van der Waals surface area contributed by atoms with E-state index in [1.807, 2.05) is 0 Å². The Morgan fingerprint density at radius 2 is 0.979 bits per heavy atom. The molecule has 0 amide bonds. The van der Waals surface area contributed by atoms with Crippen LogP contribution in [-0.2, 0) is 19.7 Å². The first-order chi connectivity index (χ1) is 22.8. The van der Waals surface area contributed by atoms with Gasteiger partial charge in [0.05, 0.1) is 11.5 Å². The van der Waals surface area contributed by atoms with Gasteiger partial charge in [-0.25, -0.2) is 16.8 Å². The smallest absolute Gasteiger partial charge is 0.228 e. The van der Waals surface area contributed by atoms with Crippen LogP contribution >= 0.6 is 55.1 Å². The molecule has 4 aromatic carbocycles. The SMILES string of the molecule is O=C(c1[nH]c2ccc(Br)cc2c1S(=O)(=O)CC=Cc1ccc(Cl)cc1)c1[nH]c2ccc(Br)cc2c1S(=O)(=O)CC=Cc1ccc(Cl)cc1. The summed E-state index contributed by atoms with van der Waals surface area (Å²) in [4.78, 5) is 20.0. The van der Waals surface area contributed by atoms with Gasteiger partial charge in [0.2, 0.25) is 5.78 Å². The van der Waals surface area contributed by atoms with Crippen LogP contribution < -0.4 is 0 Å². The fourth-order valence-electron chi connectivity index (χ4n) is 5.31. The first kappa shape index (κ1) is 34.4. The Morgan fingerprint density at radius 1 is 0.604 bits per heavy atom. The average Bonchev–Trinajstić information content (AvgIpc) is 3.62. The Morgan fingerprint density at radius 3 is 1.35 bits per heavy atom. The molecular weight excluding hydrogens is 823 g/mol. The molecule has 7 nitrogen and oxygen atoms in total. The third-order valence-electron chi connectivity index (χ3n) is 7.49. The van der Waals surface area contributed by atoms with Crippen molar-refractivity contribution < 1.29 is 21.6 Å². The number of benzene rings is 4. The number of aromatic nitrogens is 2. The monoisotopic (exact) mass is 844 g/mol. The normalized spacial score (nSPS) is 12.6. The molecule has 6 aromatic rings. The van der Waals surface area contributed by atoms with Crippen LogP contribution in [0.15, 0.2) is 116 Å². The zero-order valence-electron chi connectivity index (χ0n) is 24.7. The van der Waals surface area contributed by atoms with Crippen LogP contribution in [0.4, 0.5) is 0 Å². The Labute approximate surface area is 303 Å². The Balaban J connectivity index is 1.45. The highest BCUT2D eigenvalue weighted by molar-refractivity contribution is 9.10. The Bertz CT molecular complexity index is 2310. The second kappa shape index (κ2) is 13.8. The van der Waals surface area contributed by atoms with Crippen molar-refractivity contribution in [1.29, 1.82) is 0 Å². The minimum absolute atomic E-state index is 0.227. The van der Waals surface area contributed by atoms with E-state index < -0.39 is 37.0 Å². The van der Waals surface area contributed by atoms with Crippen LogP contribution in [-0.4, -0.2) is 44.1 Å². The van der Waals surface area contributed by atoms with Gasteiger partial charge in [0.1, 0.15) is 21.2 Å². The highest BCUT2D eigenvalue weighted by atomic mass is 79.9. The van der Waals surface area contributed by atoms with Gasteiger partial charge in [-0.15, -0.1) is 0 Å². The fraction of sp³-hybridized carbons (Fsp3) is 0.0571. The molecule has 13 heteroatoms. The maximum absolute atomic E-state index is 14.5. The molecule has 0 atom stereocenters. The number of nitrogens with one attached hydrogen (secondary N) is 2. The van der Waals surface area contributed by atoms with Crippen molar-refractivity contribution in [2.45, 2.75) is 9.79 Å². The molecule has 2 N–H and O–H groups in total. The van der Waals surface area contributed by atoms with Crippen molar-refractivity contribution >= 4 is 114 Å². The van der Waals surface area contributed by atoms with Crippen LogP contribution in [0.1, 0.15) is 27.3 Å². The molecule has 0 saturated heterocycles. The van der Waals surface area contributed by atoms with Gasteiger partial charge < -0.3 is 9.97 Å². The lowest BCUT2D eigenvalue weighted by atomic mass is 10.2. The van der Waals surface area contributed by atoms with Crippen LogP contribution in [0.3, 0.4) is 0 Å². The molecule has 48 heavy (non-hydrogen) atoms. The summed E-state index contributed by atoms with van der Waals surface area (Å²) in [6.45, 7) is 0. The Kier molecular flexibility index (Phi) is 9.90. The standard InChI is InChI=1S/C35H24Br2Cl2N2O5S2/c36-23-9-15-29-27(19-23)34(47(43,44)17-1-3-21-5-11-25(38)12-6-21)31(40-29)33(42)32-35(28-20-24(37)10-16-30(28)41-32)48(45,46)18-2-4-22-7-13-26(39)14-8-22/h1-16,19-20,40-41H,17-18H2. The maximum Gasteiger partial charge on any atom is 0.228 e. The summed E-state index contributed by atoms with van der Waals surface area (Å²) in [5.74, 6) is -1.65. The summed E-state index contributed by atoms with van der Waals surface area (Å²) in [7, 11) is -8.27. The molecule has 0 aliphatic rings. The highest BCUT2D eigenvalue weighted by Gasteiger charge is 2.33. The number of carbonyl (C=O) groups excluding carboxylic acids is 1. The van der Waals surface area contributed by atoms with Crippen molar-refractivity contribution in [3.63, 3.8) is 0 Å². The van der Waals surface area contributed by atoms with Crippen molar-refractivity contribution in [2.75, 3.05) is 11.5 Å². The van der Waals surface area contributed by atoms with E-state index in [2.05, 4.69) is 41.8 Å². The summed E-state index contributed by atoms with van der Waals surface area (Å²) in [6, 6.07) is 23.8. The van der Waals surface area contributed by atoms with Crippen molar-refractivity contribution in [1.82, 2.24) is 9.97 Å². The number of sulfone groups is 2. The third kappa shape index (κ3) is 7.27. The molecule has 0 bridgehead atoms. The first-order valence-electron chi connectivity index (χ1n) is 14.3. The number of rotatable bonds is 10. The second-order valence-electron chi connectivity index (χ2n) is 10.8. The minimum atomic E-state index is -4.13. The summed E-state index contributed by atoms with van der Waals surface area (Å²) >= 11 is 18.7. The molecule has 0 radical (unpaired) electrons. The second-order valence-corrected chi connectivity index (χ2v) is 17.5. The molecule has 0 spiro atoms. The van der Waals surface area contributed by atoms with Gasteiger partial charge in [0.15, 0.2) is 19.7 Å². The number of hydrogen-bond donors (Lipinski definition) is 2. The van der Waals surface area contributed by atoms with Crippen molar-refractivity contribution in [3.05, 3.63) is 139 Å². The van der Waals surface area contributed by atoms with Gasteiger partial charge in [-0.1, -0.05) is 104 Å². The van der Waals surface area contributed by atoms with Gasteiger partial charge >= 0.3 is 0 Å². The number of hydrogen-bond acceptors (Lipinski definition) is 5. The zero-order valence-corrected chi connectivity index (χ0v) is 31.0. The first-order valence-corrected chi connectivity index (χ1v) is 19.9. The van der Waals surface area contributed by atoms with Crippen molar-refractivity contribution in [2.24, 2.45) is 0 Å². The number of fused-ring (bicyclic) bond motifs is 2. The molecule has 6 rings (SSSR count). The predicted octanol–water partition coefficient (Wildman–Crippen LogP) is 9.69. The number of aromatic amines is 2. The molecule has 244 valence electrons. The third-order valence-corrected chi connectivity index (χ3v) is 12.3. The largest absolute Gasteiger partial charge is 0.351 e. The zero-order chi connectivity index (χ0) is 34.2. The minimum Gasteiger partial charge on any atom is -0.351 e. The van der Waals surface area contributed by atoms with E-state index in [4.69, 9.17) is 23.2 Å². The van der Waals surface area contributed by atoms with Crippen LogP contribution in [0.25, 0.3) is 34.0 Å². The van der Waals surface area contributed by atoms with E-state index in [9.17, 15) is 21.6 Å². The molecule has 0 saturated carbocycles. The molecule has 2 heterocycles. The predicted molar refractivity (Wildman–Crippen MR) is 201 cm³/mol. The van der Waals surface area contributed by atoms with E-state index in [0.717, 1.165) is 11.1 Å². The van der Waals surface area contributed by atoms with E-state index >= 15 is 0 Å². The quantitative estimate of drug-likeness (QED) is 0.133. The average molecular weight is 847 g/mol. The summed E-state index contributed by atoms with van der Waals surface area (Å²) < 4.78 is 57.2. The van der Waals surface area contributed by atoms with Gasteiger partial charge in [-0.2, -0.15) is 0 Å². The summed E-state index contributed by atoms with van der Waals surface area (Å²) in [5, 5.41) is 1.69. The van der Waals surface area contributed by atoms with E-state index in [0.29, 0.717) is 40.8 Å². The van der Waals surface area contributed by atoms with Crippen LogP contribution in [0.2, 0.25) is 10.0 Å². The van der Waals surface area contributed by atoms with Crippen LogP contribution in [0, 0.1) is 0 Å². The molecule has 0 fully saturated rings. The lowest BCUT2D eigenvalue weighted by Gasteiger charge is -2.07. The summed E-state index contributed by atoms with van der Waals surface area (Å²) in [5.41, 5.74) is 1.80.